The lowest BCUT2D eigenvalue weighted by Crippen LogP contribution is -2.46. The first-order valence-corrected chi connectivity index (χ1v) is 5.44. The third-order valence-electron chi connectivity index (χ3n) is 2.77. The zero-order valence-electron chi connectivity index (χ0n) is 8.50. The Bertz CT molecular complexity index is 337. The molecule has 1 fully saturated rings. The molecule has 1 saturated heterocycles. The van der Waals surface area contributed by atoms with Gasteiger partial charge in [-0.25, -0.2) is 0 Å². The number of nitrogens with two attached hydrogens (primary N) is 1. The second-order valence-electron chi connectivity index (χ2n) is 3.89. The van der Waals surface area contributed by atoms with Crippen LogP contribution in [0, 0.1) is 0 Å². The molecular formula is C11H15ClN2O. The SMILES string of the molecule is NCC1(Nc2ccccc2Cl)CCOC1. The summed E-state index contributed by atoms with van der Waals surface area (Å²) in [7, 11) is 0. The molecule has 3 N–H and O–H groups in total. The highest BCUT2D eigenvalue weighted by Gasteiger charge is 2.33. The van der Waals surface area contributed by atoms with E-state index in [4.69, 9.17) is 22.1 Å². The van der Waals surface area contributed by atoms with Crippen LogP contribution >= 0.6 is 11.6 Å². The molecule has 1 aromatic carbocycles. The molecule has 1 atom stereocenters. The Morgan fingerprint density at radius 2 is 2.27 bits per heavy atom. The maximum atomic E-state index is 6.08. The number of nitrogens with one attached hydrogen (secondary N) is 1. The van der Waals surface area contributed by atoms with Gasteiger partial charge in [0.15, 0.2) is 0 Å². The van der Waals surface area contributed by atoms with Crippen molar-refractivity contribution >= 4 is 17.3 Å². The van der Waals surface area contributed by atoms with E-state index < -0.39 is 0 Å². The van der Waals surface area contributed by atoms with Gasteiger partial charge < -0.3 is 15.8 Å². The van der Waals surface area contributed by atoms with Crippen LogP contribution in [-0.2, 0) is 4.74 Å². The number of benzene rings is 1. The summed E-state index contributed by atoms with van der Waals surface area (Å²) in [5, 5.41) is 4.11. The highest BCUT2D eigenvalue weighted by molar-refractivity contribution is 6.33. The number of hydrogen-bond donors (Lipinski definition) is 2. The highest BCUT2D eigenvalue weighted by atomic mass is 35.5. The van der Waals surface area contributed by atoms with Crippen LogP contribution in [0.3, 0.4) is 0 Å². The van der Waals surface area contributed by atoms with E-state index in [1.54, 1.807) is 0 Å². The van der Waals surface area contributed by atoms with Crippen LogP contribution in [0.2, 0.25) is 5.02 Å². The van der Waals surface area contributed by atoms with Crippen molar-refractivity contribution in [1.29, 1.82) is 0 Å². The Morgan fingerprint density at radius 1 is 1.47 bits per heavy atom. The fourth-order valence-electron chi connectivity index (χ4n) is 1.77. The first-order chi connectivity index (χ1) is 7.26. The second-order valence-corrected chi connectivity index (χ2v) is 4.30. The normalized spacial score (nSPS) is 25.5. The molecule has 1 heterocycles. The Balaban J connectivity index is 2.16. The molecule has 1 unspecified atom stereocenters. The Morgan fingerprint density at radius 3 is 2.87 bits per heavy atom. The summed E-state index contributed by atoms with van der Waals surface area (Å²) in [5.41, 5.74) is 6.56. The number of para-hydroxylation sites is 1. The van der Waals surface area contributed by atoms with Crippen molar-refractivity contribution in [2.45, 2.75) is 12.0 Å². The van der Waals surface area contributed by atoms with Crippen molar-refractivity contribution < 1.29 is 4.74 Å². The van der Waals surface area contributed by atoms with E-state index in [-0.39, 0.29) is 5.54 Å². The number of anilines is 1. The van der Waals surface area contributed by atoms with Crippen LogP contribution in [0.4, 0.5) is 5.69 Å². The maximum Gasteiger partial charge on any atom is 0.0750 e. The van der Waals surface area contributed by atoms with Gasteiger partial charge in [-0.1, -0.05) is 23.7 Å². The van der Waals surface area contributed by atoms with Gasteiger partial charge in [-0.2, -0.15) is 0 Å². The molecule has 0 amide bonds. The predicted molar refractivity (Wildman–Crippen MR) is 62.3 cm³/mol. The van der Waals surface area contributed by atoms with Crippen LogP contribution in [-0.4, -0.2) is 25.3 Å². The van der Waals surface area contributed by atoms with E-state index in [2.05, 4.69) is 5.32 Å². The average molecular weight is 227 g/mol. The topological polar surface area (TPSA) is 47.3 Å². The molecular weight excluding hydrogens is 212 g/mol. The molecule has 1 aromatic rings. The fourth-order valence-corrected chi connectivity index (χ4v) is 1.95. The first-order valence-electron chi connectivity index (χ1n) is 5.06. The number of ether oxygens (including phenoxy) is 1. The van der Waals surface area contributed by atoms with Gasteiger partial charge in [-0.05, 0) is 18.6 Å². The second kappa shape index (κ2) is 4.39. The van der Waals surface area contributed by atoms with Gasteiger partial charge >= 0.3 is 0 Å². The molecule has 15 heavy (non-hydrogen) atoms. The van der Waals surface area contributed by atoms with E-state index >= 15 is 0 Å². The van der Waals surface area contributed by atoms with Gasteiger partial charge in [0, 0.05) is 13.2 Å². The fraction of sp³-hybridized carbons (Fsp3) is 0.455. The minimum atomic E-state index is -0.148. The molecule has 0 saturated carbocycles. The van der Waals surface area contributed by atoms with Gasteiger partial charge in [-0.15, -0.1) is 0 Å². The predicted octanol–water partition coefficient (Wildman–Crippen LogP) is 1.87. The van der Waals surface area contributed by atoms with Gasteiger partial charge in [0.05, 0.1) is 22.9 Å². The van der Waals surface area contributed by atoms with Crippen molar-refractivity contribution in [2.75, 3.05) is 25.1 Å². The van der Waals surface area contributed by atoms with E-state index in [1.807, 2.05) is 24.3 Å². The van der Waals surface area contributed by atoms with Crippen molar-refractivity contribution in [3.05, 3.63) is 29.3 Å². The summed E-state index contributed by atoms with van der Waals surface area (Å²) in [6, 6.07) is 7.68. The smallest absolute Gasteiger partial charge is 0.0750 e. The number of halogens is 1. The Labute approximate surface area is 94.6 Å². The minimum absolute atomic E-state index is 0.148. The zero-order valence-corrected chi connectivity index (χ0v) is 9.26. The quantitative estimate of drug-likeness (QED) is 0.827. The van der Waals surface area contributed by atoms with Gasteiger partial charge in [0.2, 0.25) is 0 Å². The molecule has 0 radical (unpaired) electrons. The monoisotopic (exact) mass is 226 g/mol. The third kappa shape index (κ3) is 2.25. The third-order valence-corrected chi connectivity index (χ3v) is 3.10. The van der Waals surface area contributed by atoms with E-state index in [1.165, 1.54) is 0 Å². The van der Waals surface area contributed by atoms with Crippen LogP contribution < -0.4 is 11.1 Å². The molecule has 0 aliphatic carbocycles. The molecule has 1 aliphatic rings. The van der Waals surface area contributed by atoms with Gasteiger partial charge in [-0.3, -0.25) is 0 Å². The first kappa shape index (κ1) is 10.7. The summed E-state index contributed by atoms with van der Waals surface area (Å²) in [6.45, 7) is 1.96. The number of hydrogen-bond acceptors (Lipinski definition) is 3. The van der Waals surface area contributed by atoms with Crippen molar-refractivity contribution in [2.24, 2.45) is 5.73 Å². The van der Waals surface area contributed by atoms with Crippen LogP contribution in [0.5, 0.6) is 0 Å². The maximum absolute atomic E-state index is 6.08. The zero-order chi connectivity index (χ0) is 10.7. The number of rotatable bonds is 3. The molecule has 0 aromatic heterocycles. The van der Waals surface area contributed by atoms with E-state index in [0.717, 1.165) is 23.7 Å². The van der Waals surface area contributed by atoms with E-state index in [9.17, 15) is 0 Å². The lowest BCUT2D eigenvalue weighted by molar-refractivity contribution is 0.183. The van der Waals surface area contributed by atoms with Crippen LogP contribution in [0.15, 0.2) is 24.3 Å². The summed E-state index contributed by atoms with van der Waals surface area (Å²) >= 11 is 6.08. The largest absolute Gasteiger partial charge is 0.379 e. The molecule has 3 nitrogen and oxygen atoms in total. The molecule has 2 rings (SSSR count). The summed E-state index contributed by atoms with van der Waals surface area (Å²) < 4.78 is 5.38. The van der Waals surface area contributed by atoms with Crippen LogP contribution in [0.25, 0.3) is 0 Å². The summed E-state index contributed by atoms with van der Waals surface area (Å²) in [6.07, 6.45) is 0.925. The molecule has 4 heteroatoms. The molecule has 0 bridgehead atoms. The highest BCUT2D eigenvalue weighted by Crippen LogP contribution is 2.28. The molecule has 0 spiro atoms. The Kier molecular flexibility index (Phi) is 3.14. The lowest BCUT2D eigenvalue weighted by atomic mass is 9.98. The van der Waals surface area contributed by atoms with Crippen molar-refractivity contribution in [3.8, 4) is 0 Å². The van der Waals surface area contributed by atoms with E-state index in [0.29, 0.717) is 13.2 Å². The van der Waals surface area contributed by atoms with Crippen molar-refractivity contribution in [1.82, 2.24) is 0 Å². The molecule has 82 valence electrons. The summed E-state index contributed by atoms with van der Waals surface area (Å²) in [5.74, 6) is 0. The standard InChI is InChI=1S/C11H15ClN2O/c12-9-3-1-2-4-10(9)14-11(7-13)5-6-15-8-11/h1-4,14H,5-8,13H2. The lowest BCUT2D eigenvalue weighted by Gasteiger charge is -2.28. The van der Waals surface area contributed by atoms with Gasteiger partial charge in [0.1, 0.15) is 0 Å². The van der Waals surface area contributed by atoms with Gasteiger partial charge in [0.25, 0.3) is 0 Å². The molecule has 1 aliphatic heterocycles. The van der Waals surface area contributed by atoms with Crippen LogP contribution in [0.1, 0.15) is 6.42 Å². The minimum Gasteiger partial charge on any atom is -0.379 e. The Hall–Kier alpha value is -0.770. The summed E-state index contributed by atoms with van der Waals surface area (Å²) in [4.78, 5) is 0. The van der Waals surface area contributed by atoms with Crippen molar-refractivity contribution in [3.63, 3.8) is 0 Å². The average Bonchev–Trinajstić information content (AvgIpc) is 2.71.